The Balaban J connectivity index is 1.82. The Morgan fingerprint density at radius 3 is 2.52 bits per heavy atom. The molecule has 1 aliphatic heterocycles. The third-order valence-electron chi connectivity index (χ3n) is 5.79. The summed E-state index contributed by atoms with van der Waals surface area (Å²) in [6.45, 7) is 11.2. The second kappa shape index (κ2) is 9.15. The van der Waals surface area contributed by atoms with Gasteiger partial charge in [-0.25, -0.2) is 0 Å². The SMILES string of the molecule is CCCNCC1(CN2CCCC(CCC)CC2)CCCC1. The summed E-state index contributed by atoms with van der Waals surface area (Å²) in [5.74, 6) is 1.01. The van der Waals surface area contributed by atoms with Crippen LogP contribution in [0.3, 0.4) is 0 Å². The van der Waals surface area contributed by atoms with Gasteiger partial charge in [0, 0.05) is 13.1 Å². The highest BCUT2D eigenvalue weighted by atomic mass is 15.1. The van der Waals surface area contributed by atoms with Crippen LogP contribution in [0.2, 0.25) is 0 Å². The van der Waals surface area contributed by atoms with Gasteiger partial charge in [0.25, 0.3) is 0 Å². The summed E-state index contributed by atoms with van der Waals surface area (Å²) in [6.07, 6.45) is 14.3. The van der Waals surface area contributed by atoms with Crippen molar-refractivity contribution in [2.75, 3.05) is 32.7 Å². The number of likely N-dealkylation sites (tertiary alicyclic amines) is 1. The fourth-order valence-electron chi connectivity index (χ4n) is 4.60. The van der Waals surface area contributed by atoms with Crippen molar-refractivity contribution in [2.45, 2.75) is 78.1 Å². The molecule has 0 aromatic carbocycles. The van der Waals surface area contributed by atoms with Crippen molar-refractivity contribution in [3.63, 3.8) is 0 Å². The molecule has 1 heterocycles. The topological polar surface area (TPSA) is 15.3 Å². The fraction of sp³-hybridized carbons (Fsp3) is 1.00. The van der Waals surface area contributed by atoms with Crippen LogP contribution in [0.1, 0.15) is 78.1 Å². The standard InChI is InChI=1S/C19H38N2/c1-3-8-18-9-7-14-21(15-10-18)17-19(11-5-6-12-19)16-20-13-4-2/h18,20H,3-17H2,1-2H3. The second-order valence-corrected chi connectivity index (χ2v) is 7.75. The number of hydrogen-bond donors (Lipinski definition) is 1. The zero-order valence-electron chi connectivity index (χ0n) is 14.6. The Hall–Kier alpha value is -0.0800. The monoisotopic (exact) mass is 294 g/mol. The molecule has 0 radical (unpaired) electrons. The molecule has 1 saturated carbocycles. The lowest BCUT2D eigenvalue weighted by Crippen LogP contribution is -2.43. The van der Waals surface area contributed by atoms with Crippen LogP contribution in [0.4, 0.5) is 0 Å². The average molecular weight is 295 g/mol. The van der Waals surface area contributed by atoms with E-state index in [1.807, 2.05) is 0 Å². The largest absolute Gasteiger partial charge is 0.316 e. The van der Waals surface area contributed by atoms with Crippen LogP contribution in [0.25, 0.3) is 0 Å². The lowest BCUT2D eigenvalue weighted by atomic mass is 9.85. The molecule has 124 valence electrons. The van der Waals surface area contributed by atoms with E-state index < -0.39 is 0 Å². The molecule has 21 heavy (non-hydrogen) atoms. The van der Waals surface area contributed by atoms with E-state index in [1.165, 1.54) is 96.9 Å². The van der Waals surface area contributed by atoms with Crippen LogP contribution >= 0.6 is 0 Å². The van der Waals surface area contributed by atoms with Gasteiger partial charge >= 0.3 is 0 Å². The highest BCUT2D eigenvalue weighted by Crippen LogP contribution is 2.39. The van der Waals surface area contributed by atoms with Crippen molar-refractivity contribution in [1.29, 1.82) is 0 Å². The number of nitrogens with zero attached hydrogens (tertiary/aromatic N) is 1. The summed E-state index contributed by atoms with van der Waals surface area (Å²) in [5.41, 5.74) is 0.597. The summed E-state index contributed by atoms with van der Waals surface area (Å²) < 4.78 is 0. The van der Waals surface area contributed by atoms with Crippen LogP contribution < -0.4 is 5.32 Å². The quantitative estimate of drug-likeness (QED) is 0.665. The van der Waals surface area contributed by atoms with Gasteiger partial charge in [0.2, 0.25) is 0 Å². The predicted octanol–water partition coefficient (Wildman–Crippen LogP) is 4.45. The summed E-state index contributed by atoms with van der Waals surface area (Å²) in [6, 6.07) is 0. The van der Waals surface area contributed by atoms with Gasteiger partial charge in [-0.15, -0.1) is 0 Å². The minimum Gasteiger partial charge on any atom is -0.316 e. The number of rotatable bonds is 8. The fourth-order valence-corrected chi connectivity index (χ4v) is 4.60. The molecule has 0 bridgehead atoms. The maximum atomic E-state index is 3.73. The zero-order chi connectivity index (χ0) is 15.0. The summed E-state index contributed by atoms with van der Waals surface area (Å²) in [5, 5.41) is 3.73. The van der Waals surface area contributed by atoms with E-state index in [1.54, 1.807) is 0 Å². The molecule has 1 unspecified atom stereocenters. The van der Waals surface area contributed by atoms with Crippen LogP contribution in [0, 0.1) is 11.3 Å². The smallest absolute Gasteiger partial charge is 0.00501 e. The number of nitrogens with one attached hydrogen (secondary N) is 1. The zero-order valence-corrected chi connectivity index (χ0v) is 14.6. The van der Waals surface area contributed by atoms with E-state index in [0.29, 0.717) is 5.41 Å². The van der Waals surface area contributed by atoms with Crippen LogP contribution in [-0.2, 0) is 0 Å². The first kappa shape index (κ1) is 17.3. The summed E-state index contributed by atoms with van der Waals surface area (Å²) in [7, 11) is 0. The Labute approximate surface area is 133 Å². The van der Waals surface area contributed by atoms with Gasteiger partial charge in [0.05, 0.1) is 0 Å². The van der Waals surface area contributed by atoms with Gasteiger partial charge < -0.3 is 10.2 Å². The van der Waals surface area contributed by atoms with Crippen molar-refractivity contribution < 1.29 is 0 Å². The molecule has 0 aromatic heterocycles. The lowest BCUT2D eigenvalue weighted by Gasteiger charge is -2.35. The van der Waals surface area contributed by atoms with Crippen LogP contribution in [0.5, 0.6) is 0 Å². The Bertz CT molecular complexity index is 271. The van der Waals surface area contributed by atoms with Crippen molar-refractivity contribution in [3.05, 3.63) is 0 Å². The Morgan fingerprint density at radius 2 is 1.81 bits per heavy atom. The van der Waals surface area contributed by atoms with Crippen molar-refractivity contribution in [3.8, 4) is 0 Å². The average Bonchev–Trinajstić information content (AvgIpc) is 2.82. The first-order valence-electron chi connectivity index (χ1n) is 9.71. The molecule has 1 aliphatic carbocycles. The molecule has 1 saturated heterocycles. The van der Waals surface area contributed by atoms with Gasteiger partial charge in [0.1, 0.15) is 0 Å². The van der Waals surface area contributed by atoms with Gasteiger partial charge in [0.15, 0.2) is 0 Å². The van der Waals surface area contributed by atoms with E-state index in [4.69, 9.17) is 0 Å². The molecule has 2 rings (SSSR count). The van der Waals surface area contributed by atoms with Gasteiger partial charge in [-0.1, -0.05) is 39.5 Å². The van der Waals surface area contributed by atoms with E-state index in [0.717, 1.165) is 5.92 Å². The Morgan fingerprint density at radius 1 is 1.00 bits per heavy atom. The normalized spacial score (nSPS) is 26.9. The highest BCUT2D eigenvalue weighted by Gasteiger charge is 2.35. The molecule has 2 fully saturated rings. The van der Waals surface area contributed by atoms with E-state index in [-0.39, 0.29) is 0 Å². The molecular formula is C19H38N2. The minimum atomic E-state index is 0.597. The molecule has 2 heteroatoms. The third kappa shape index (κ3) is 5.56. The second-order valence-electron chi connectivity index (χ2n) is 7.75. The van der Waals surface area contributed by atoms with E-state index >= 15 is 0 Å². The molecule has 2 aliphatic rings. The molecular weight excluding hydrogens is 256 g/mol. The van der Waals surface area contributed by atoms with E-state index in [2.05, 4.69) is 24.1 Å². The summed E-state index contributed by atoms with van der Waals surface area (Å²) in [4.78, 5) is 2.81. The molecule has 0 amide bonds. The molecule has 2 nitrogen and oxygen atoms in total. The predicted molar refractivity (Wildman–Crippen MR) is 92.8 cm³/mol. The molecule has 0 spiro atoms. The van der Waals surface area contributed by atoms with E-state index in [9.17, 15) is 0 Å². The summed E-state index contributed by atoms with van der Waals surface area (Å²) >= 11 is 0. The lowest BCUT2D eigenvalue weighted by molar-refractivity contribution is 0.151. The third-order valence-corrected chi connectivity index (χ3v) is 5.79. The highest BCUT2D eigenvalue weighted by molar-refractivity contribution is 4.90. The first-order chi connectivity index (χ1) is 10.3. The molecule has 1 N–H and O–H groups in total. The van der Waals surface area contributed by atoms with Crippen molar-refractivity contribution in [2.24, 2.45) is 11.3 Å². The van der Waals surface area contributed by atoms with Crippen LogP contribution in [0.15, 0.2) is 0 Å². The maximum absolute atomic E-state index is 3.73. The first-order valence-corrected chi connectivity index (χ1v) is 9.71. The van der Waals surface area contributed by atoms with Gasteiger partial charge in [-0.05, 0) is 69.5 Å². The molecule has 0 aromatic rings. The van der Waals surface area contributed by atoms with Crippen molar-refractivity contribution >= 4 is 0 Å². The maximum Gasteiger partial charge on any atom is 0.00501 e. The van der Waals surface area contributed by atoms with Crippen molar-refractivity contribution in [1.82, 2.24) is 10.2 Å². The van der Waals surface area contributed by atoms with Crippen LogP contribution in [-0.4, -0.2) is 37.6 Å². The van der Waals surface area contributed by atoms with Gasteiger partial charge in [-0.2, -0.15) is 0 Å². The molecule has 1 atom stereocenters. The number of hydrogen-bond acceptors (Lipinski definition) is 2. The minimum absolute atomic E-state index is 0.597. The Kier molecular flexibility index (Phi) is 7.53. The van der Waals surface area contributed by atoms with Gasteiger partial charge in [-0.3, -0.25) is 0 Å².